The van der Waals surface area contributed by atoms with E-state index in [9.17, 15) is 9.59 Å². The van der Waals surface area contributed by atoms with Crippen molar-refractivity contribution < 1.29 is 14.3 Å². The van der Waals surface area contributed by atoms with Gasteiger partial charge in [-0.25, -0.2) is 4.68 Å². The molecule has 8 nitrogen and oxygen atoms in total. The van der Waals surface area contributed by atoms with Crippen molar-refractivity contribution in [3.8, 4) is 28.1 Å². The molecule has 0 unspecified atom stereocenters. The Balaban J connectivity index is 1.55. The summed E-state index contributed by atoms with van der Waals surface area (Å²) in [4.78, 5) is 31.9. The predicted molar refractivity (Wildman–Crippen MR) is 154 cm³/mol. The fraction of sp³-hybridized carbons (Fsp3) is 0.267. The number of nitrogens with zero attached hydrogens (tertiary/aromatic N) is 4. The zero-order valence-electron chi connectivity index (χ0n) is 22.1. The summed E-state index contributed by atoms with van der Waals surface area (Å²) in [6.07, 6.45) is 4.55. The van der Waals surface area contributed by atoms with Gasteiger partial charge in [-0.3, -0.25) is 14.6 Å². The Morgan fingerprint density at radius 2 is 1.77 bits per heavy atom. The number of ether oxygens (including phenoxy) is 1. The number of rotatable bonds is 4. The lowest BCUT2D eigenvalue weighted by Crippen LogP contribution is -2.55. The number of benzene rings is 2. The van der Waals surface area contributed by atoms with Crippen LogP contribution in [0.4, 0.5) is 0 Å². The Morgan fingerprint density at radius 3 is 2.50 bits per heavy atom. The van der Waals surface area contributed by atoms with Gasteiger partial charge in [-0.05, 0) is 68.1 Å². The van der Waals surface area contributed by atoms with Gasteiger partial charge in [0.1, 0.15) is 0 Å². The van der Waals surface area contributed by atoms with Gasteiger partial charge in [0.25, 0.3) is 5.91 Å². The molecule has 1 aliphatic heterocycles. The van der Waals surface area contributed by atoms with Crippen LogP contribution in [0.15, 0.2) is 54.9 Å². The van der Waals surface area contributed by atoms with Crippen LogP contribution < -0.4 is 5.73 Å². The number of hydrogen-bond donors (Lipinski definition) is 1. The normalized spacial score (nSPS) is 15.8. The monoisotopic (exact) mass is 575 g/mol. The molecule has 4 aromatic rings. The molecule has 3 heterocycles. The van der Waals surface area contributed by atoms with Crippen molar-refractivity contribution in [2.45, 2.75) is 32.2 Å². The lowest BCUT2D eigenvalue weighted by Gasteiger charge is -2.41. The number of fused-ring (bicyclic) bond motifs is 3. The Hall–Kier alpha value is -3.72. The van der Waals surface area contributed by atoms with Crippen LogP contribution in [0.25, 0.3) is 28.1 Å². The van der Waals surface area contributed by atoms with Crippen LogP contribution >= 0.6 is 23.2 Å². The summed E-state index contributed by atoms with van der Waals surface area (Å²) < 4.78 is 7.43. The van der Waals surface area contributed by atoms with Crippen LogP contribution in [0, 0.1) is 0 Å². The zero-order valence-corrected chi connectivity index (χ0v) is 23.6. The topological polar surface area (TPSA) is 103 Å². The van der Waals surface area contributed by atoms with Crippen molar-refractivity contribution in [1.82, 2.24) is 19.7 Å². The first-order chi connectivity index (χ1) is 19.1. The SMILES string of the molecule is CC1(C)COCCN1C(=O)c1nn(-c2cc(Cl)cc(Cl)c2)c2c1CCc1ccc(-c3cncc(C(N)=O)c3)cc1-2. The van der Waals surface area contributed by atoms with Crippen LogP contribution in [0.2, 0.25) is 10.0 Å². The molecule has 0 saturated carbocycles. The highest BCUT2D eigenvalue weighted by Gasteiger charge is 2.38. The standard InChI is InChI=1S/C30H27Cl2N5O3/c1-30(2)16-40-8-7-36(30)29(39)26-24-6-5-17-3-4-18(19-9-20(28(33)38)15-34-14-19)10-25(17)27(24)37(35-26)23-12-21(31)11-22(32)13-23/h3-4,9-15H,5-8,16H2,1-2H3,(H2,33,38). The zero-order chi connectivity index (χ0) is 28.2. The van der Waals surface area contributed by atoms with Crippen LogP contribution in [0.5, 0.6) is 0 Å². The molecule has 2 aromatic heterocycles. The molecular weight excluding hydrogens is 549 g/mol. The molecule has 2 aromatic carbocycles. The van der Waals surface area contributed by atoms with Gasteiger partial charge in [0.05, 0.1) is 35.7 Å². The number of nitrogens with two attached hydrogens (primary N) is 1. The predicted octanol–water partition coefficient (Wildman–Crippen LogP) is 5.36. The molecule has 40 heavy (non-hydrogen) atoms. The van der Waals surface area contributed by atoms with Gasteiger partial charge < -0.3 is 15.4 Å². The van der Waals surface area contributed by atoms with E-state index in [4.69, 9.17) is 38.8 Å². The number of morpholine rings is 1. The number of hydrogen-bond acceptors (Lipinski definition) is 5. The van der Waals surface area contributed by atoms with Gasteiger partial charge in [-0.15, -0.1) is 0 Å². The van der Waals surface area contributed by atoms with Crippen molar-refractivity contribution in [2.75, 3.05) is 19.8 Å². The average molecular weight is 576 g/mol. The van der Waals surface area contributed by atoms with Crippen molar-refractivity contribution >= 4 is 35.0 Å². The molecule has 1 saturated heterocycles. The largest absolute Gasteiger partial charge is 0.377 e. The Morgan fingerprint density at radius 1 is 1.00 bits per heavy atom. The Labute approximate surface area is 241 Å². The van der Waals surface area contributed by atoms with Gasteiger partial charge in [0.15, 0.2) is 5.69 Å². The fourth-order valence-electron chi connectivity index (χ4n) is 5.53. The van der Waals surface area contributed by atoms with E-state index >= 15 is 0 Å². The second kappa shape index (κ2) is 10.0. The van der Waals surface area contributed by atoms with Crippen LogP contribution in [-0.2, 0) is 17.6 Å². The molecule has 204 valence electrons. The quantitative estimate of drug-likeness (QED) is 0.353. The van der Waals surface area contributed by atoms with Gasteiger partial charge in [-0.1, -0.05) is 35.3 Å². The first kappa shape index (κ1) is 26.5. The molecule has 2 N–H and O–H groups in total. The number of aromatic nitrogens is 3. The van der Waals surface area contributed by atoms with Gasteiger partial charge in [0, 0.05) is 45.7 Å². The average Bonchev–Trinajstić information content (AvgIpc) is 3.32. The highest BCUT2D eigenvalue weighted by molar-refractivity contribution is 6.34. The summed E-state index contributed by atoms with van der Waals surface area (Å²) in [5.74, 6) is -0.672. The molecule has 0 radical (unpaired) electrons. The third-order valence-corrected chi connectivity index (χ3v) is 7.97. The number of primary amides is 1. The molecule has 6 rings (SSSR count). The lowest BCUT2D eigenvalue weighted by atomic mass is 9.86. The molecule has 0 atom stereocenters. The first-order valence-electron chi connectivity index (χ1n) is 13.0. The summed E-state index contributed by atoms with van der Waals surface area (Å²) in [6.45, 7) is 5.42. The summed E-state index contributed by atoms with van der Waals surface area (Å²) in [7, 11) is 0. The van der Waals surface area contributed by atoms with Crippen LogP contribution in [0.1, 0.15) is 45.8 Å². The number of amides is 2. The number of carbonyl (C=O) groups is 2. The summed E-state index contributed by atoms with van der Waals surface area (Å²) in [6, 6.07) is 13.1. The van der Waals surface area contributed by atoms with E-state index < -0.39 is 11.4 Å². The van der Waals surface area contributed by atoms with Crippen LogP contribution in [-0.4, -0.2) is 56.8 Å². The maximum atomic E-state index is 14.1. The van der Waals surface area contributed by atoms with Crippen molar-refractivity contribution in [3.63, 3.8) is 0 Å². The molecule has 0 spiro atoms. The summed E-state index contributed by atoms with van der Waals surface area (Å²) >= 11 is 12.8. The van der Waals surface area contributed by atoms with E-state index in [-0.39, 0.29) is 5.91 Å². The van der Waals surface area contributed by atoms with E-state index in [1.54, 1.807) is 35.1 Å². The molecular formula is C30H27Cl2N5O3. The minimum absolute atomic E-state index is 0.130. The van der Waals surface area contributed by atoms with E-state index in [1.807, 2.05) is 30.9 Å². The van der Waals surface area contributed by atoms with Crippen LogP contribution in [0.3, 0.4) is 0 Å². The van der Waals surface area contributed by atoms with Crippen molar-refractivity contribution in [3.05, 3.63) is 87.3 Å². The lowest BCUT2D eigenvalue weighted by molar-refractivity contribution is -0.0373. The number of carbonyl (C=O) groups excluding carboxylic acids is 2. The number of pyridine rings is 1. The summed E-state index contributed by atoms with van der Waals surface area (Å²) in [5, 5.41) is 5.85. The van der Waals surface area contributed by atoms with E-state index in [0.29, 0.717) is 53.2 Å². The third kappa shape index (κ3) is 4.66. The second-order valence-corrected chi connectivity index (χ2v) is 11.6. The van der Waals surface area contributed by atoms with E-state index in [1.165, 1.54) is 6.20 Å². The maximum Gasteiger partial charge on any atom is 0.275 e. The van der Waals surface area contributed by atoms with E-state index in [2.05, 4.69) is 11.1 Å². The van der Waals surface area contributed by atoms with E-state index in [0.717, 1.165) is 39.9 Å². The van der Waals surface area contributed by atoms with Crippen molar-refractivity contribution in [1.29, 1.82) is 0 Å². The first-order valence-corrected chi connectivity index (χ1v) is 13.7. The Bertz CT molecular complexity index is 1660. The minimum atomic E-state index is -0.542. The number of halogens is 2. The van der Waals surface area contributed by atoms with Gasteiger partial charge in [0.2, 0.25) is 5.91 Å². The third-order valence-electron chi connectivity index (χ3n) is 7.53. The smallest absolute Gasteiger partial charge is 0.275 e. The molecule has 10 heteroatoms. The maximum absolute atomic E-state index is 14.1. The molecule has 2 aliphatic rings. The van der Waals surface area contributed by atoms with Crippen molar-refractivity contribution in [2.24, 2.45) is 5.73 Å². The highest BCUT2D eigenvalue weighted by atomic mass is 35.5. The number of aryl methyl sites for hydroxylation is 1. The fourth-order valence-corrected chi connectivity index (χ4v) is 6.05. The van der Waals surface area contributed by atoms with Gasteiger partial charge in [-0.2, -0.15) is 5.10 Å². The summed E-state index contributed by atoms with van der Waals surface area (Å²) in [5.41, 5.74) is 11.8. The molecule has 1 aliphatic carbocycles. The second-order valence-electron chi connectivity index (χ2n) is 10.7. The molecule has 2 amide bonds. The Kier molecular flexibility index (Phi) is 6.65. The highest BCUT2D eigenvalue weighted by Crippen LogP contribution is 2.40. The van der Waals surface area contributed by atoms with Gasteiger partial charge >= 0.3 is 0 Å². The minimum Gasteiger partial charge on any atom is -0.377 e. The molecule has 0 bridgehead atoms. The molecule has 1 fully saturated rings.